The molecule has 8 heteroatoms. The van der Waals surface area contributed by atoms with Gasteiger partial charge in [0, 0.05) is 27.4 Å². The summed E-state index contributed by atoms with van der Waals surface area (Å²) >= 11 is 8.74. The van der Waals surface area contributed by atoms with E-state index in [2.05, 4.69) is 31.5 Å². The van der Waals surface area contributed by atoms with E-state index in [1.807, 2.05) is 66.7 Å². The molecule has 6 nitrogen and oxygen atoms in total. The van der Waals surface area contributed by atoms with Gasteiger partial charge in [-0.05, 0) is 66.8 Å². The first-order chi connectivity index (χ1) is 17.0. The maximum absolute atomic E-state index is 12.3. The number of rotatable bonds is 5. The minimum absolute atomic E-state index is 0.166. The van der Waals surface area contributed by atoms with Crippen molar-refractivity contribution in [2.45, 2.75) is 0 Å². The lowest BCUT2D eigenvalue weighted by molar-refractivity contribution is -0.115. The van der Waals surface area contributed by atoms with Gasteiger partial charge in [-0.2, -0.15) is 0 Å². The molecule has 0 radical (unpaired) electrons. The predicted octanol–water partition coefficient (Wildman–Crippen LogP) is 7.04. The average molecular weight is 544 g/mol. The van der Waals surface area contributed by atoms with Crippen LogP contribution in [-0.2, 0) is 4.79 Å². The third-order valence-corrected chi connectivity index (χ3v) is 5.74. The SMILES string of the molecule is O=C(/C=C/c1ccc(-c2ccccc2)o1)NC(=S)Nc1ccc2oc(-c3cccc(Br)c3)nc2c1. The number of oxazole rings is 1. The average Bonchev–Trinajstić information content (AvgIpc) is 3.50. The van der Waals surface area contributed by atoms with Crippen LogP contribution in [0.2, 0.25) is 0 Å². The molecule has 1 amide bonds. The van der Waals surface area contributed by atoms with Gasteiger partial charge in [0.25, 0.3) is 0 Å². The zero-order valence-electron chi connectivity index (χ0n) is 18.2. The van der Waals surface area contributed by atoms with E-state index in [9.17, 15) is 4.79 Å². The highest BCUT2D eigenvalue weighted by atomic mass is 79.9. The van der Waals surface area contributed by atoms with Crippen molar-refractivity contribution in [1.29, 1.82) is 0 Å². The second kappa shape index (κ2) is 10.1. The summed E-state index contributed by atoms with van der Waals surface area (Å²) in [7, 11) is 0. The van der Waals surface area contributed by atoms with Crippen LogP contribution >= 0.6 is 28.1 Å². The van der Waals surface area contributed by atoms with E-state index in [-0.39, 0.29) is 11.0 Å². The van der Waals surface area contributed by atoms with Crippen LogP contribution in [0.15, 0.2) is 104 Å². The molecule has 2 aromatic heterocycles. The Bertz CT molecular complexity index is 1560. The zero-order chi connectivity index (χ0) is 24.2. The molecule has 0 spiro atoms. The summed E-state index contributed by atoms with van der Waals surface area (Å²) in [4.78, 5) is 16.9. The van der Waals surface area contributed by atoms with Gasteiger partial charge in [0.2, 0.25) is 11.8 Å². The zero-order valence-corrected chi connectivity index (χ0v) is 20.6. The molecule has 5 aromatic rings. The number of nitrogens with zero attached hydrogens (tertiary/aromatic N) is 1. The van der Waals surface area contributed by atoms with Crippen LogP contribution in [0.4, 0.5) is 5.69 Å². The largest absolute Gasteiger partial charge is 0.457 e. The molecule has 0 aliphatic heterocycles. The summed E-state index contributed by atoms with van der Waals surface area (Å²) in [5, 5.41) is 5.79. The molecule has 0 unspecified atom stereocenters. The number of carbonyl (C=O) groups excluding carboxylic acids is 1. The van der Waals surface area contributed by atoms with Crippen LogP contribution in [0.1, 0.15) is 5.76 Å². The number of carbonyl (C=O) groups is 1. The van der Waals surface area contributed by atoms with Gasteiger partial charge in [-0.1, -0.05) is 52.3 Å². The summed E-state index contributed by atoms with van der Waals surface area (Å²) < 4.78 is 12.6. The third-order valence-electron chi connectivity index (χ3n) is 5.04. The van der Waals surface area contributed by atoms with Gasteiger partial charge in [-0.15, -0.1) is 0 Å². The fourth-order valence-electron chi connectivity index (χ4n) is 3.42. The Balaban J connectivity index is 1.21. The van der Waals surface area contributed by atoms with Crippen molar-refractivity contribution in [3.8, 4) is 22.8 Å². The summed E-state index contributed by atoms with van der Waals surface area (Å²) in [5.74, 6) is 1.44. The lowest BCUT2D eigenvalue weighted by Gasteiger charge is -2.07. The van der Waals surface area contributed by atoms with Crippen molar-refractivity contribution >= 4 is 62.0 Å². The van der Waals surface area contributed by atoms with Gasteiger partial charge in [-0.3, -0.25) is 10.1 Å². The van der Waals surface area contributed by atoms with Gasteiger partial charge < -0.3 is 14.2 Å². The number of anilines is 1. The molecule has 3 aromatic carbocycles. The molecule has 5 rings (SSSR count). The molecule has 0 aliphatic carbocycles. The van der Waals surface area contributed by atoms with Crippen LogP contribution in [0.3, 0.4) is 0 Å². The quantitative estimate of drug-likeness (QED) is 0.183. The first kappa shape index (κ1) is 22.8. The van der Waals surface area contributed by atoms with Crippen LogP contribution < -0.4 is 10.6 Å². The monoisotopic (exact) mass is 543 g/mol. The summed E-state index contributed by atoms with van der Waals surface area (Å²) in [6.45, 7) is 0. The minimum Gasteiger partial charge on any atom is -0.457 e. The molecule has 0 saturated heterocycles. The molecular formula is C27H18BrN3O3S. The van der Waals surface area contributed by atoms with Gasteiger partial charge in [-0.25, -0.2) is 4.98 Å². The Kier molecular flexibility index (Phi) is 6.56. The third kappa shape index (κ3) is 5.56. The number of halogens is 1. The van der Waals surface area contributed by atoms with Crippen molar-refractivity contribution in [2.24, 2.45) is 0 Å². The first-order valence-corrected chi connectivity index (χ1v) is 11.9. The summed E-state index contributed by atoms with van der Waals surface area (Å²) in [6, 6.07) is 26.6. The standard InChI is InChI=1S/C27H18BrN3O3S/c28-19-8-4-7-18(15-19)26-30-22-16-20(9-12-24(22)34-26)29-27(35)31-25(32)14-11-21-10-13-23(33-21)17-5-2-1-3-6-17/h1-16H,(H2,29,31,32,35)/b14-11+. The van der Waals surface area contributed by atoms with Crippen LogP contribution in [-0.4, -0.2) is 16.0 Å². The molecule has 172 valence electrons. The molecule has 0 bridgehead atoms. The number of hydrogen-bond donors (Lipinski definition) is 2. The molecule has 2 N–H and O–H groups in total. The Hall–Kier alpha value is -4.01. The fraction of sp³-hybridized carbons (Fsp3) is 0. The van der Waals surface area contributed by atoms with E-state index in [0.717, 1.165) is 21.4 Å². The number of fused-ring (bicyclic) bond motifs is 1. The molecule has 35 heavy (non-hydrogen) atoms. The molecule has 0 atom stereocenters. The van der Waals surface area contributed by atoms with E-state index >= 15 is 0 Å². The summed E-state index contributed by atoms with van der Waals surface area (Å²) in [5.41, 5.74) is 3.84. The van der Waals surface area contributed by atoms with Crippen molar-refractivity contribution in [3.63, 3.8) is 0 Å². The lowest BCUT2D eigenvalue weighted by atomic mass is 10.2. The number of hydrogen-bond acceptors (Lipinski definition) is 5. The highest BCUT2D eigenvalue weighted by molar-refractivity contribution is 9.10. The highest BCUT2D eigenvalue weighted by Gasteiger charge is 2.10. The van der Waals surface area contributed by atoms with Crippen molar-refractivity contribution in [3.05, 3.63) is 101 Å². The van der Waals surface area contributed by atoms with Crippen molar-refractivity contribution in [1.82, 2.24) is 10.3 Å². The van der Waals surface area contributed by atoms with Gasteiger partial charge in [0.1, 0.15) is 17.0 Å². The first-order valence-electron chi connectivity index (χ1n) is 10.7. The molecule has 0 saturated carbocycles. The van der Waals surface area contributed by atoms with Crippen LogP contribution in [0.25, 0.3) is 40.0 Å². The Morgan fingerprint density at radius 3 is 2.57 bits per heavy atom. The Labute approximate surface area is 214 Å². The maximum Gasteiger partial charge on any atom is 0.250 e. The van der Waals surface area contributed by atoms with Gasteiger partial charge >= 0.3 is 0 Å². The summed E-state index contributed by atoms with van der Waals surface area (Å²) in [6.07, 6.45) is 2.96. The minimum atomic E-state index is -0.375. The topological polar surface area (TPSA) is 80.3 Å². The highest BCUT2D eigenvalue weighted by Crippen LogP contribution is 2.28. The van der Waals surface area contributed by atoms with Crippen LogP contribution in [0.5, 0.6) is 0 Å². The number of amides is 1. The van der Waals surface area contributed by atoms with E-state index in [1.54, 1.807) is 24.3 Å². The molecular weight excluding hydrogens is 526 g/mol. The molecule has 2 heterocycles. The Morgan fingerprint density at radius 1 is 0.914 bits per heavy atom. The second-order valence-electron chi connectivity index (χ2n) is 7.56. The number of nitrogens with one attached hydrogen (secondary N) is 2. The normalized spacial score (nSPS) is 11.1. The number of thiocarbonyl (C=S) groups is 1. The number of aromatic nitrogens is 1. The van der Waals surface area contributed by atoms with E-state index in [4.69, 9.17) is 21.1 Å². The number of benzene rings is 3. The van der Waals surface area contributed by atoms with Crippen molar-refractivity contribution < 1.29 is 13.6 Å². The van der Waals surface area contributed by atoms with Crippen molar-refractivity contribution in [2.75, 3.05) is 5.32 Å². The van der Waals surface area contributed by atoms with E-state index < -0.39 is 0 Å². The molecule has 0 fully saturated rings. The molecule has 0 aliphatic rings. The lowest BCUT2D eigenvalue weighted by Crippen LogP contribution is -2.32. The number of furan rings is 1. The van der Waals surface area contributed by atoms with E-state index in [1.165, 1.54) is 6.08 Å². The van der Waals surface area contributed by atoms with Crippen LogP contribution in [0, 0.1) is 0 Å². The van der Waals surface area contributed by atoms with Gasteiger partial charge in [0.15, 0.2) is 10.7 Å². The Morgan fingerprint density at radius 2 is 1.74 bits per heavy atom. The van der Waals surface area contributed by atoms with Gasteiger partial charge in [0.05, 0.1) is 0 Å². The predicted molar refractivity (Wildman–Crippen MR) is 145 cm³/mol. The second-order valence-corrected chi connectivity index (χ2v) is 8.88. The maximum atomic E-state index is 12.3. The fourth-order valence-corrected chi connectivity index (χ4v) is 4.04. The smallest absolute Gasteiger partial charge is 0.250 e. The van der Waals surface area contributed by atoms with E-state index in [0.29, 0.717) is 28.4 Å².